The molecule has 0 aromatic heterocycles. The van der Waals surface area contributed by atoms with Gasteiger partial charge in [-0.3, -0.25) is 0 Å². The van der Waals surface area contributed by atoms with Gasteiger partial charge in [-0.1, -0.05) is 12.9 Å². The summed E-state index contributed by atoms with van der Waals surface area (Å²) in [6.45, 7) is 0.465. The van der Waals surface area contributed by atoms with Crippen LogP contribution in [0.15, 0.2) is 12.1 Å². The third-order valence-electron chi connectivity index (χ3n) is 1.90. The van der Waals surface area contributed by atoms with Gasteiger partial charge < -0.3 is 25.3 Å². The lowest BCUT2D eigenvalue weighted by Crippen LogP contribution is -2.36. The molecule has 0 aliphatic carbocycles. The molecule has 0 heterocycles. The van der Waals surface area contributed by atoms with E-state index < -0.39 is 19.8 Å². The maximum absolute atomic E-state index is 9.28. The number of rotatable bonds is 2. The van der Waals surface area contributed by atoms with Crippen molar-refractivity contribution >= 4 is 25.0 Å². The maximum atomic E-state index is 9.28. The summed E-state index contributed by atoms with van der Waals surface area (Å²) >= 11 is 0. The zero-order valence-corrected chi connectivity index (χ0v) is 7.55. The molecule has 0 aliphatic heterocycles. The number of phenols is 2. The molecule has 1 aromatic rings. The Hall–Kier alpha value is -1.17. The van der Waals surface area contributed by atoms with E-state index in [1.807, 2.05) is 0 Å². The Morgan fingerprint density at radius 1 is 0.929 bits per heavy atom. The van der Waals surface area contributed by atoms with Gasteiger partial charge in [0.05, 0.1) is 0 Å². The van der Waals surface area contributed by atoms with Crippen molar-refractivity contribution in [2.24, 2.45) is 0 Å². The Morgan fingerprint density at radius 3 is 1.86 bits per heavy atom. The third kappa shape index (κ3) is 2.01. The zero-order chi connectivity index (χ0) is 10.9. The highest BCUT2D eigenvalue weighted by Gasteiger charge is 2.21. The highest BCUT2D eigenvalue weighted by atomic mass is 16.4. The first-order valence-corrected chi connectivity index (χ1v) is 4.03. The largest absolute Gasteiger partial charge is 0.508 e. The lowest BCUT2D eigenvalue weighted by atomic mass is 9.62. The maximum Gasteiger partial charge on any atom is 0.492 e. The zero-order valence-electron chi connectivity index (χ0n) is 7.55. The van der Waals surface area contributed by atoms with E-state index in [4.69, 9.17) is 10.0 Å². The average molecular weight is 196 g/mol. The topological polar surface area (TPSA) is 101 Å². The van der Waals surface area contributed by atoms with Crippen molar-refractivity contribution in [2.75, 3.05) is 0 Å². The van der Waals surface area contributed by atoms with Gasteiger partial charge in [-0.25, -0.2) is 0 Å². The van der Waals surface area contributed by atoms with Crippen LogP contribution in [0.25, 0.3) is 0 Å². The second-order valence-corrected chi connectivity index (χ2v) is 3.02. The fourth-order valence-corrected chi connectivity index (χ4v) is 1.15. The molecule has 0 saturated carbocycles. The summed E-state index contributed by atoms with van der Waals surface area (Å²) in [5, 5.41) is 45.4. The molecule has 1 aromatic carbocycles. The van der Waals surface area contributed by atoms with Gasteiger partial charge in [0, 0.05) is 11.5 Å². The van der Waals surface area contributed by atoms with E-state index in [2.05, 4.69) is 0 Å². The van der Waals surface area contributed by atoms with Crippen molar-refractivity contribution in [3.63, 3.8) is 0 Å². The van der Waals surface area contributed by atoms with Gasteiger partial charge in [0.2, 0.25) is 0 Å². The fourth-order valence-electron chi connectivity index (χ4n) is 1.15. The molecule has 0 saturated heterocycles. The van der Waals surface area contributed by atoms with Gasteiger partial charge in [0.15, 0.2) is 0 Å². The van der Waals surface area contributed by atoms with Crippen molar-refractivity contribution in [1.29, 1.82) is 0 Å². The second-order valence-electron chi connectivity index (χ2n) is 3.02. The standard InChI is InChI=1S/C7H10B2O5/c1-8(12)4-2-5(9(13)14)7(11)3-6(4)10/h2-3,10-14H,1H3. The van der Waals surface area contributed by atoms with Crippen molar-refractivity contribution in [2.45, 2.75) is 6.82 Å². The molecule has 0 bridgehead atoms. The first-order chi connectivity index (χ1) is 6.43. The van der Waals surface area contributed by atoms with E-state index in [-0.39, 0.29) is 16.7 Å². The van der Waals surface area contributed by atoms with Gasteiger partial charge in [-0.2, -0.15) is 0 Å². The molecule has 0 radical (unpaired) electrons. The average Bonchev–Trinajstić information content (AvgIpc) is 2.02. The number of hydrogen-bond acceptors (Lipinski definition) is 5. The normalized spacial score (nSPS) is 10.0. The van der Waals surface area contributed by atoms with Crippen molar-refractivity contribution in [3.05, 3.63) is 12.1 Å². The minimum absolute atomic E-state index is 0.130. The summed E-state index contributed by atoms with van der Waals surface area (Å²) in [5.41, 5.74) is -0.0235. The molecule has 0 unspecified atom stereocenters. The minimum atomic E-state index is -1.84. The van der Waals surface area contributed by atoms with Crippen LogP contribution in [0, 0.1) is 0 Å². The van der Waals surface area contributed by atoms with Crippen molar-refractivity contribution in [1.82, 2.24) is 0 Å². The first-order valence-electron chi connectivity index (χ1n) is 4.03. The second kappa shape index (κ2) is 3.91. The van der Waals surface area contributed by atoms with Crippen LogP contribution < -0.4 is 10.9 Å². The van der Waals surface area contributed by atoms with Gasteiger partial charge in [-0.15, -0.1) is 0 Å². The van der Waals surface area contributed by atoms with E-state index >= 15 is 0 Å². The van der Waals surface area contributed by atoms with Gasteiger partial charge in [0.1, 0.15) is 11.5 Å². The first kappa shape index (κ1) is 10.9. The molecular weight excluding hydrogens is 186 g/mol. The van der Waals surface area contributed by atoms with Crippen molar-refractivity contribution < 1.29 is 25.3 Å². The molecule has 1 rings (SSSR count). The lowest BCUT2D eigenvalue weighted by molar-refractivity contribution is 0.418. The molecule has 0 atom stereocenters. The van der Waals surface area contributed by atoms with Crippen LogP contribution in [0.5, 0.6) is 11.5 Å². The molecule has 7 heteroatoms. The summed E-state index contributed by atoms with van der Waals surface area (Å²) in [6.07, 6.45) is 0. The summed E-state index contributed by atoms with van der Waals surface area (Å²) in [7, 11) is -1.84. The highest BCUT2D eigenvalue weighted by Crippen LogP contribution is 2.13. The summed E-state index contributed by atoms with van der Waals surface area (Å²) in [5.74, 6) is -0.719. The monoisotopic (exact) mass is 196 g/mol. The summed E-state index contributed by atoms with van der Waals surface area (Å²) in [4.78, 5) is 0. The number of hydrogen-bond donors (Lipinski definition) is 5. The predicted octanol–water partition coefficient (Wildman–Crippen LogP) is -2.40. The molecule has 0 amide bonds. The van der Waals surface area contributed by atoms with Gasteiger partial charge >= 0.3 is 14.0 Å². The van der Waals surface area contributed by atoms with Crippen LogP contribution in [0.4, 0.5) is 0 Å². The Balaban J connectivity index is 3.27. The smallest absolute Gasteiger partial charge is 0.492 e. The lowest BCUT2D eigenvalue weighted by Gasteiger charge is -2.09. The Labute approximate surface area is 81.5 Å². The van der Waals surface area contributed by atoms with Gasteiger partial charge in [-0.05, 0) is 5.46 Å². The summed E-state index contributed by atoms with van der Waals surface area (Å²) in [6, 6.07) is 2.09. The SMILES string of the molecule is CB(O)c1cc(B(O)O)c(O)cc1O. The van der Waals surface area contributed by atoms with Crippen LogP contribution in [-0.4, -0.2) is 39.3 Å². The van der Waals surface area contributed by atoms with Crippen LogP contribution in [0.3, 0.4) is 0 Å². The van der Waals surface area contributed by atoms with Crippen LogP contribution in [0.2, 0.25) is 6.82 Å². The quantitative estimate of drug-likeness (QED) is 0.339. The molecule has 0 fully saturated rings. The van der Waals surface area contributed by atoms with E-state index in [1.165, 1.54) is 6.82 Å². The third-order valence-corrected chi connectivity index (χ3v) is 1.90. The number of benzene rings is 1. The fraction of sp³-hybridized carbons (Fsp3) is 0.143. The molecule has 74 valence electrons. The van der Waals surface area contributed by atoms with Crippen LogP contribution in [-0.2, 0) is 0 Å². The molecule has 0 aliphatic rings. The minimum Gasteiger partial charge on any atom is -0.508 e. The van der Waals surface area contributed by atoms with Crippen LogP contribution in [0.1, 0.15) is 0 Å². The molecule has 14 heavy (non-hydrogen) atoms. The molecular formula is C7H10B2O5. The van der Waals surface area contributed by atoms with E-state index in [9.17, 15) is 15.2 Å². The van der Waals surface area contributed by atoms with E-state index in [0.717, 1.165) is 12.1 Å². The van der Waals surface area contributed by atoms with E-state index in [1.54, 1.807) is 0 Å². The predicted molar refractivity (Wildman–Crippen MR) is 53.1 cm³/mol. The molecule has 5 N–H and O–H groups in total. The summed E-state index contributed by atoms with van der Waals surface area (Å²) < 4.78 is 0. The van der Waals surface area contributed by atoms with Gasteiger partial charge in [0.25, 0.3) is 0 Å². The highest BCUT2D eigenvalue weighted by molar-refractivity contribution is 6.67. The number of phenolic OH excluding ortho intramolecular Hbond substituents is 2. The van der Waals surface area contributed by atoms with Crippen LogP contribution >= 0.6 is 0 Å². The van der Waals surface area contributed by atoms with Crippen molar-refractivity contribution in [3.8, 4) is 11.5 Å². The Kier molecular flexibility index (Phi) is 3.05. The Morgan fingerprint density at radius 2 is 1.43 bits per heavy atom. The molecule has 0 spiro atoms. The van der Waals surface area contributed by atoms with E-state index in [0.29, 0.717) is 0 Å². The Bertz CT molecular complexity index is 310. The number of aromatic hydroxyl groups is 2. The molecule has 5 nitrogen and oxygen atoms in total.